The molecule has 0 radical (unpaired) electrons. The Balaban J connectivity index is 0.00000456. The number of hydrogen-bond donors (Lipinski definition) is 6. The number of nitrogens with one attached hydrogen (secondary N) is 5. The second kappa shape index (κ2) is 11.7. The van der Waals surface area contributed by atoms with Gasteiger partial charge in [0.25, 0.3) is 17.7 Å². The summed E-state index contributed by atoms with van der Waals surface area (Å²) in [6, 6.07) is 3.01. The number of carbonyl (C=O) groups excluding carboxylic acids is 4. The van der Waals surface area contributed by atoms with Crippen LogP contribution >= 0.6 is 12.4 Å². The maximum Gasteiger partial charge on any atom is 0.291 e. The summed E-state index contributed by atoms with van der Waals surface area (Å²) >= 11 is 0. The lowest BCUT2D eigenvalue weighted by Gasteiger charge is -2.04. The van der Waals surface area contributed by atoms with Crippen LogP contribution in [0.4, 0.5) is 17.2 Å². The van der Waals surface area contributed by atoms with E-state index in [-0.39, 0.29) is 54.5 Å². The molecule has 15 heteroatoms. The summed E-state index contributed by atoms with van der Waals surface area (Å²) in [5.74, 6) is -1.22. The van der Waals surface area contributed by atoms with Gasteiger partial charge in [-0.1, -0.05) is 0 Å². The summed E-state index contributed by atoms with van der Waals surface area (Å²) in [7, 11) is 4.91. The van der Waals surface area contributed by atoms with Gasteiger partial charge < -0.3 is 40.7 Å². The van der Waals surface area contributed by atoms with E-state index in [1.807, 2.05) is 0 Å². The Labute approximate surface area is 212 Å². The Morgan fingerprint density at radius 2 is 1.56 bits per heavy atom. The van der Waals surface area contributed by atoms with Gasteiger partial charge in [0.05, 0.1) is 17.2 Å². The predicted molar refractivity (Wildman–Crippen MR) is 136 cm³/mol. The Morgan fingerprint density at radius 3 is 2.19 bits per heavy atom. The van der Waals surface area contributed by atoms with Crippen LogP contribution < -0.4 is 27.0 Å². The molecule has 0 fully saturated rings. The third-order valence-electron chi connectivity index (χ3n) is 4.96. The molecule has 0 aliphatic carbocycles. The normalized spacial score (nSPS) is 10.2. The van der Waals surface area contributed by atoms with Crippen molar-refractivity contribution < 1.29 is 19.2 Å². The van der Waals surface area contributed by atoms with Crippen molar-refractivity contribution in [3.63, 3.8) is 0 Å². The van der Waals surface area contributed by atoms with Gasteiger partial charge in [0.1, 0.15) is 11.4 Å². The van der Waals surface area contributed by atoms with Crippen molar-refractivity contribution in [1.82, 2.24) is 24.0 Å². The number of halogens is 1. The predicted octanol–water partition coefficient (Wildman–Crippen LogP) is 0.648. The Bertz CT molecular complexity index is 1310. The van der Waals surface area contributed by atoms with Gasteiger partial charge in [0.15, 0.2) is 5.82 Å². The second-order valence-corrected chi connectivity index (χ2v) is 7.71. The topological polar surface area (TPSA) is 194 Å². The number of aromatic nitrogens is 4. The smallest absolute Gasteiger partial charge is 0.291 e. The number of aryl methyl sites for hydroxylation is 3. The molecular formula is C21H27ClN10O4. The molecule has 0 aliphatic heterocycles. The number of nitrogens with zero attached hydrogens (tertiary/aromatic N) is 4. The van der Waals surface area contributed by atoms with Crippen molar-refractivity contribution >= 4 is 59.6 Å². The zero-order valence-electron chi connectivity index (χ0n) is 19.8. The van der Waals surface area contributed by atoms with Crippen molar-refractivity contribution in [2.45, 2.75) is 6.42 Å². The fraction of sp³-hybridized carbons (Fsp3) is 0.238. The number of hydrogen-bond acceptors (Lipinski definition) is 6. The van der Waals surface area contributed by atoms with Gasteiger partial charge in [-0.2, -0.15) is 0 Å². The van der Waals surface area contributed by atoms with Gasteiger partial charge in [0, 0.05) is 52.7 Å². The molecule has 3 rings (SSSR count). The van der Waals surface area contributed by atoms with E-state index in [1.165, 1.54) is 22.9 Å². The Hall–Kier alpha value is -4.59. The van der Waals surface area contributed by atoms with E-state index in [2.05, 4.69) is 26.3 Å². The highest BCUT2D eigenvalue weighted by molar-refractivity contribution is 6.05. The molecule has 192 valence electrons. The van der Waals surface area contributed by atoms with Gasteiger partial charge in [-0.25, -0.2) is 4.98 Å². The first-order chi connectivity index (χ1) is 16.6. The molecule has 0 bridgehead atoms. The first-order valence-electron chi connectivity index (χ1n) is 10.4. The molecule has 3 aromatic rings. The minimum Gasteiger partial charge on any atom is -0.388 e. The van der Waals surface area contributed by atoms with Crippen molar-refractivity contribution in [3.8, 4) is 0 Å². The van der Waals surface area contributed by atoms with E-state index in [4.69, 9.17) is 11.1 Å². The summed E-state index contributed by atoms with van der Waals surface area (Å²) < 4.78 is 4.55. The number of carbonyl (C=O) groups is 4. The molecule has 0 saturated carbocycles. The number of amides is 4. The monoisotopic (exact) mass is 518 g/mol. The van der Waals surface area contributed by atoms with Crippen LogP contribution in [0.2, 0.25) is 0 Å². The molecule has 0 spiro atoms. The largest absolute Gasteiger partial charge is 0.388 e. The van der Waals surface area contributed by atoms with Gasteiger partial charge in [-0.15, -0.1) is 12.4 Å². The highest BCUT2D eigenvalue weighted by Crippen LogP contribution is 2.17. The molecule has 4 amide bonds. The highest BCUT2D eigenvalue weighted by atomic mass is 35.5. The Kier molecular flexibility index (Phi) is 8.99. The molecule has 36 heavy (non-hydrogen) atoms. The lowest BCUT2D eigenvalue weighted by molar-refractivity contribution is -0.105. The molecule has 3 heterocycles. The molecule has 7 N–H and O–H groups in total. The van der Waals surface area contributed by atoms with E-state index in [9.17, 15) is 19.2 Å². The van der Waals surface area contributed by atoms with E-state index >= 15 is 0 Å². The fourth-order valence-electron chi connectivity index (χ4n) is 3.30. The van der Waals surface area contributed by atoms with Crippen molar-refractivity contribution in [1.29, 1.82) is 5.41 Å². The second-order valence-electron chi connectivity index (χ2n) is 7.71. The van der Waals surface area contributed by atoms with Crippen molar-refractivity contribution in [3.05, 3.63) is 47.9 Å². The third-order valence-corrected chi connectivity index (χ3v) is 4.96. The van der Waals surface area contributed by atoms with Crippen LogP contribution in [-0.2, 0) is 25.9 Å². The van der Waals surface area contributed by atoms with Gasteiger partial charge in [-0.3, -0.25) is 24.6 Å². The lowest BCUT2D eigenvalue weighted by atomic mass is 10.3. The molecule has 0 aromatic carbocycles. The summed E-state index contributed by atoms with van der Waals surface area (Å²) in [4.78, 5) is 52.5. The van der Waals surface area contributed by atoms with Crippen LogP contribution in [0.5, 0.6) is 0 Å². The first-order valence-corrected chi connectivity index (χ1v) is 10.4. The number of nitrogens with two attached hydrogens (primary N) is 1. The van der Waals surface area contributed by atoms with Crippen LogP contribution in [0.1, 0.15) is 38.0 Å². The van der Waals surface area contributed by atoms with Gasteiger partial charge in [0.2, 0.25) is 12.2 Å². The van der Waals surface area contributed by atoms with Crippen LogP contribution in [0, 0.1) is 5.41 Å². The van der Waals surface area contributed by atoms with Gasteiger partial charge >= 0.3 is 0 Å². The third kappa shape index (κ3) is 6.50. The number of rotatable bonds is 10. The van der Waals surface area contributed by atoms with Gasteiger partial charge in [-0.05, 0) is 12.1 Å². The average Bonchev–Trinajstić information content (AvgIpc) is 3.44. The minimum absolute atomic E-state index is 0. The molecular weight excluding hydrogens is 492 g/mol. The summed E-state index contributed by atoms with van der Waals surface area (Å²) in [5, 5.41) is 17.6. The molecule has 14 nitrogen and oxygen atoms in total. The number of imidazole rings is 1. The number of anilines is 3. The standard InChI is InChI=1S/C21H26N10O4.ClH/c1-29-8-12(25-11-32)6-15(29)20(34)28-17-10-31(3)18(27-17)21(35)26-13-7-14(30(2)9-13)19(33)24-5-4-16(22)23;/h6-11H,4-5H2,1-3H3,(H3,22,23)(H,24,33)(H,25,32)(H,26,35)(H,28,34);1H. The average molecular weight is 519 g/mol. The van der Waals surface area contributed by atoms with Crippen molar-refractivity contribution in [2.24, 2.45) is 26.9 Å². The van der Waals surface area contributed by atoms with Crippen LogP contribution in [0.15, 0.2) is 30.7 Å². The first kappa shape index (κ1) is 27.7. The van der Waals surface area contributed by atoms with Crippen LogP contribution in [0.3, 0.4) is 0 Å². The molecule has 0 saturated heterocycles. The van der Waals surface area contributed by atoms with Crippen LogP contribution in [-0.4, -0.2) is 55.2 Å². The zero-order valence-corrected chi connectivity index (χ0v) is 20.6. The van der Waals surface area contributed by atoms with Crippen molar-refractivity contribution in [2.75, 3.05) is 22.5 Å². The Morgan fingerprint density at radius 1 is 0.944 bits per heavy atom. The maximum atomic E-state index is 12.8. The summed E-state index contributed by atoms with van der Waals surface area (Å²) in [6.07, 6.45) is 5.39. The van der Waals surface area contributed by atoms with E-state index < -0.39 is 11.8 Å². The van der Waals surface area contributed by atoms with E-state index in [0.29, 0.717) is 23.5 Å². The van der Waals surface area contributed by atoms with E-state index in [1.54, 1.807) is 42.7 Å². The molecule has 0 unspecified atom stereocenters. The highest BCUT2D eigenvalue weighted by Gasteiger charge is 2.19. The number of amidine groups is 1. The zero-order chi connectivity index (χ0) is 25.7. The SMILES string of the molecule is Cl.Cn1cc(NC(=O)c2nc(NC(=O)c3cc(NC=O)cn3C)cn2C)cc1C(=O)NCCC(=N)N. The quantitative estimate of drug-likeness (QED) is 0.129. The summed E-state index contributed by atoms with van der Waals surface area (Å²) in [6.45, 7) is 0.223. The molecule has 0 aliphatic rings. The summed E-state index contributed by atoms with van der Waals surface area (Å²) in [5.41, 5.74) is 6.71. The molecule has 0 atom stereocenters. The van der Waals surface area contributed by atoms with E-state index in [0.717, 1.165) is 0 Å². The molecule has 3 aromatic heterocycles. The lowest BCUT2D eigenvalue weighted by Crippen LogP contribution is -2.28. The van der Waals surface area contributed by atoms with Crippen LogP contribution in [0.25, 0.3) is 0 Å². The fourth-order valence-corrected chi connectivity index (χ4v) is 3.30. The maximum absolute atomic E-state index is 12.8. The minimum atomic E-state index is -0.543.